The Balaban J connectivity index is 3.01. The first kappa shape index (κ1) is 13.7. The highest BCUT2D eigenvalue weighted by molar-refractivity contribution is 6.30. The number of aromatic nitrogens is 1. The number of nitro groups is 1. The van der Waals surface area contributed by atoms with Crippen LogP contribution in [-0.2, 0) is 0 Å². The molecule has 94 valence electrons. The number of rotatable bonds is 5. The van der Waals surface area contributed by atoms with Crippen LogP contribution in [-0.4, -0.2) is 22.5 Å². The summed E-state index contributed by atoms with van der Waals surface area (Å²) < 4.78 is 0. The molecule has 3 N–H and O–H groups in total. The molecule has 0 saturated heterocycles. The van der Waals surface area contributed by atoms with Crippen LogP contribution in [0.1, 0.15) is 13.8 Å². The molecule has 7 heteroatoms. The zero-order valence-corrected chi connectivity index (χ0v) is 10.4. The largest absolute Gasteiger partial charge is 0.360 e. The van der Waals surface area contributed by atoms with E-state index >= 15 is 0 Å². The number of pyridine rings is 1. The molecule has 6 nitrogen and oxygen atoms in total. The molecule has 0 aliphatic carbocycles. The van der Waals surface area contributed by atoms with Crippen LogP contribution in [0.4, 0.5) is 11.5 Å². The molecule has 0 aliphatic heterocycles. The summed E-state index contributed by atoms with van der Waals surface area (Å²) in [6.07, 6.45) is 1.37. The fourth-order valence-electron chi connectivity index (χ4n) is 1.35. The minimum atomic E-state index is -0.519. The second kappa shape index (κ2) is 5.79. The van der Waals surface area contributed by atoms with Gasteiger partial charge in [-0.3, -0.25) is 10.1 Å². The molecule has 1 unspecified atom stereocenters. The van der Waals surface area contributed by atoms with Gasteiger partial charge in [0.05, 0.1) is 9.95 Å². The Labute approximate surface area is 104 Å². The van der Waals surface area contributed by atoms with Crippen LogP contribution in [0.15, 0.2) is 12.3 Å². The number of halogens is 1. The third-order valence-electron chi connectivity index (χ3n) is 2.41. The van der Waals surface area contributed by atoms with Crippen LogP contribution in [0, 0.1) is 16.0 Å². The van der Waals surface area contributed by atoms with Gasteiger partial charge in [0.1, 0.15) is 0 Å². The molecular formula is C10H15ClN4O2. The average molecular weight is 259 g/mol. The number of hydrogen-bond acceptors (Lipinski definition) is 5. The maximum atomic E-state index is 10.8. The molecule has 0 bridgehead atoms. The molecule has 0 aliphatic rings. The quantitative estimate of drug-likeness (QED) is 0.623. The highest BCUT2D eigenvalue weighted by Crippen LogP contribution is 2.26. The lowest BCUT2D eigenvalue weighted by atomic mass is 10.0. The van der Waals surface area contributed by atoms with E-state index in [4.69, 9.17) is 17.3 Å². The normalized spacial score (nSPS) is 12.5. The van der Waals surface area contributed by atoms with E-state index in [9.17, 15) is 10.1 Å². The van der Waals surface area contributed by atoms with Crippen molar-refractivity contribution in [3.63, 3.8) is 0 Å². The Morgan fingerprint density at radius 3 is 2.76 bits per heavy atom. The van der Waals surface area contributed by atoms with Crippen molar-refractivity contribution >= 4 is 23.1 Å². The number of nitrogens with one attached hydrogen (secondary N) is 1. The van der Waals surface area contributed by atoms with Gasteiger partial charge in [-0.15, -0.1) is 0 Å². The average Bonchev–Trinajstić information content (AvgIpc) is 2.26. The molecule has 0 amide bonds. The molecule has 0 saturated carbocycles. The Morgan fingerprint density at radius 1 is 1.65 bits per heavy atom. The van der Waals surface area contributed by atoms with E-state index in [-0.39, 0.29) is 28.5 Å². The van der Waals surface area contributed by atoms with Gasteiger partial charge in [0, 0.05) is 24.8 Å². The van der Waals surface area contributed by atoms with Gasteiger partial charge < -0.3 is 11.1 Å². The van der Waals surface area contributed by atoms with Crippen molar-refractivity contribution in [2.24, 2.45) is 11.7 Å². The molecule has 17 heavy (non-hydrogen) atoms. The van der Waals surface area contributed by atoms with Gasteiger partial charge in [-0.05, 0) is 5.92 Å². The Bertz CT molecular complexity index is 411. The number of nitrogens with zero attached hydrogens (tertiary/aromatic N) is 2. The van der Waals surface area contributed by atoms with Crippen LogP contribution in [0.5, 0.6) is 0 Å². The highest BCUT2D eigenvalue weighted by Gasteiger charge is 2.20. The maximum absolute atomic E-state index is 10.8. The maximum Gasteiger partial charge on any atom is 0.312 e. The highest BCUT2D eigenvalue weighted by atomic mass is 35.5. The van der Waals surface area contributed by atoms with Gasteiger partial charge in [-0.2, -0.15) is 0 Å². The first-order valence-electron chi connectivity index (χ1n) is 5.22. The first-order chi connectivity index (χ1) is 7.95. The fourth-order valence-corrected chi connectivity index (χ4v) is 1.50. The van der Waals surface area contributed by atoms with E-state index in [1.54, 1.807) is 0 Å². The zero-order valence-electron chi connectivity index (χ0n) is 9.68. The second-order valence-corrected chi connectivity index (χ2v) is 4.45. The van der Waals surface area contributed by atoms with Gasteiger partial charge in [0.2, 0.25) is 5.82 Å². The summed E-state index contributed by atoms with van der Waals surface area (Å²) in [7, 11) is 0. The monoisotopic (exact) mass is 258 g/mol. The first-order valence-corrected chi connectivity index (χ1v) is 5.60. The predicted octanol–water partition coefficient (Wildman–Crippen LogP) is 2.04. The minimum absolute atomic E-state index is 0.0672. The second-order valence-electron chi connectivity index (χ2n) is 4.01. The molecule has 1 aromatic heterocycles. The minimum Gasteiger partial charge on any atom is -0.360 e. The van der Waals surface area contributed by atoms with Gasteiger partial charge in [0.15, 0.2) is 0 Å². The van der Waals surface area contributed by atoms with E-state index < -0.39 is 4.92 Å². The van der Waals surface area contributed by atoms with Crippen molar-refractivity contribution in [2.45, 2.75) is 19.9 Å². The van der Waals surface area contributed by atoms with E-state index in [2.05, 4.69) is 10.3 Å². The Hall–Kier alpha value is -1.40. The molecule has 0 spiro atoms. The molecule has 0 radical (unpaired) electrons. The van der Waals surface area contributed by atoms with Crippen molar-refractivity contribution in [2.75, 3.05) is 11.9 Å². The lowest BCUT2D eigenvalue weighted by Gasteiger charge is -2.20. The van der Waals surface area contributed by atoms with Crippen LogP contribution in [0.2, 0.25) is 5.02 Å². The zero-order chi connectivity index (χ0) is 13.0. The van der Waals surface area contributed by atoms with Crippen molar-refractivity contribution in [1.29, 1.82) is 0 Å². The number of nitrogens with two attached hydrogens (primary N) is 1. The topological polar surface area (TPSA) is 94.1 Å². The third kappa shape index (κ3) is 3.54. The standard InChI is InChI=1S/C10H15ClN4O2/c1-6(2)8(4-12)14-10-9(15(16)17)3-7(11)5-13-10/h3,5-6,8H,4,12H2,1-2H3,(H,13,14). The van der Waals surface area contributed by atoms with Crippen LogP contribution < -0.4 is 11.1 Å². The molecule has 0 fully saturated rings. The summed E-state index contributed by atoms with van der Waals surface area (Å²) in [4.78, 5) is 14.3. The molecule has 0 aromatic carbocycles. The van der Waals surface area contributed by atoms with E-state index in [1.165, 1.54) is 12.3 Å². The van der Waals surface area contributed by atoms with Gasteiger partial charge >= 0.3 is 5.69 Å². The third-order valence-corrected chi connectivity index (χ3v) is 2.62. The molecule has 1 atom stereocenters. The predicted molar refractivity (Wildman–Crippen MR) is 67.2 cm³/mol. The fraction of sp³-hybridized carbons (Fsp3) is 0.500. The lowest BCUT2D eigenvalue weighted by molar-refractivity contribution is -0.384. The lowest BCUT2D eigenvalue weighted by Crippen LogP contribution is -2.34. The van der Waals surface area contributed by atoms with E-state index in [1.807, 2.05) is 13.8 Å². The molecule has 1 rings (SSSR count). The summed E-state index contributed by atoms with van der Waals surface area (Å²) in [5.74, 6) is 0.445. The van der Waals surface area contributed by atoms with Crippen molar-refractivity contribution in [3.8, 4) is 0 Å². The Morgan fingerprint density at radius 2 is 2.29 bits per heavy atom. The number of anilines is 1. The smallest absolute Gasteiger partial charge is 0.312 e. The van der Waals surface area contributed by atoms with E-state index in [0.717, 1.165) is 0 Å². The SMILES string of the molecule is CC(C)C(CN)Nc1ncc(Cl)cc1[N+](=O)[O-]. The van der Waals surface area contributed by atoms with E-state index in [0.29, 0.717) is 6.54 Å². The summed E-state index contributed by atoms with van der Waals surface area (Å²) in [6, 6.07) is 1.20. The number of hydrogen-bond donors (Lipinski definition) is 2. The summed E-state index contributed by atoms with van der Waals surface area (Å²) in [6.45, 7) is 4.33. The van der Waals surface area contributed by atoms with Crippen molar-refractivity contribution in [1.82, 2.24) is 4.98 Å². The molecular weight excluding hydrogens is 244 g/mol. The molecule has 1 heterocycles. The summed E-state index contributed by atoms with van der Waals surface area (Å²) in [5.41, 5.74) is 5.45. The van der Waals surface area contributed by atoms with Crippen molar-refractivity contribution < 1.29 is 4.92 Å². The van der Waals surface area contributed by atoms with Gasteiger partial charge in [0.25, 0.3) is 0 Å². The van der Waals surface area contributed by atoms with Crippen LogP contribution in [0.3, 0.4) is 0 Å². The van der Waals surface area contributed by atoms with Gasteiger partial charge in [-0.25, -0.2) is 4.98 Å². The Kier molecular flexibility index (Phi) is 4.65. The molecule has 1 aromatic rings. The van der Waals surface area contributed by atoms with Gasteiger partial charge in [-0.1, -0.05) is 25.4 Å². The van der Waals surface area contributed by atoms with Crippen LogP contribution >= 0.6 is 11.6 Å². The van der Waals surface area contributed by atoms with Crippen molar-refractivity contribution in [3.05, 3.63) is 27.4 Å². The summed E-state index contributed by atoms with van der Waals surface area (Å²) >= 11 is 5.67. The summed E-state index contributed by atoms with van der Waals surface area (Å²) in [5, 5.41) is 14.1. The van der Waals surface area contributed by atoms with Crippen LogP contribution in [0.25, 0.3) is 0 Å².